The maximum absolute atomic E-state index is 7.43. The number of hydrogen-bond acceptors (Lipinski definition) is 2. The van der Waals surface area contributed by atoms with Crippen molar-refractivity contribution < 1.29 is 4.74 Å². The lowest BCUT2D eigenvalue weighted by molar-refractivity contribution is 0.473. The van der Waals surface area contributed by atoms with Crippen molar-refractivity contribution in [3.8, 4) is 78.3 Å². The van der Waals surface area contributed by atoms with Gasteiger partial charge in [-0.2, -0.15) is 0 Å². The molecule has 68 heavy (non-hydrogen) atoms. The van der Waals surface area contributed by atoms with Crippen LogP contribution in [0.15, 0.2) is 176 Å². The zero-order valence-corrected chi connectivity index (χ0v) is 40.1. The smallest absolute Gasteiger partial charge is 0.151 e. The maximum Gasteiger partial charge on any atom is 0.151 e. The van der Waals surface area contributed by atoms with Crippen LogP contribution in [-0.2, 0) is 21.7 Å². The molecule has 0 saturated heterocycles. The molecule has 2 heteroatoms. The summed E-state index contributed by atoms with van der Waals surface area (Å²) in [6, 6.07) is 66.5. The molecule has 0 spiro atoms. The van der Waals surface area contributed by atoms with Gasteiger partial charge in [-0.25, -0.2) is 0 Å². The normalized spacial score (nSPS) is 16.8. The molecule has 0 N–H and O–H groups in total. The minimum absolute atomic E-state index is 0.113. The highest BCUT2D eigenvalue weighted by Crippen LogP contribution is 2.64. The van der Waals surface area contributed by atoms with Crippen LogP contribution in [0.25, 0.3) is 66.8 Å². The highest BCUT2D eigenvalue weighted by atomic mass is 16.5. The van der Waals surface area contributed by atoms with E-state index in [0.717, 1.165) is 28.6 Å². The van der Waals surface area contributed by atoms with E-state index in [1.807, 2.05) is 0 Å². The Morgan fingerprint density at radius 3 is 1.00 bits per heavy atom. The summed E-state index contributed by atoms with van der Waals surface area (Å²) in [7, 11) is 0. The number of fused-ring (bicyclic) bond motifs is 14. The molecule has 9 aromatic rings. The monoisotopic (exact) mass is 875 g/mol. The molecule has 2 nitrogen and oxygen atoms in total. The van der Waals surface area contributed by atoms with Gasteiger partial charge in [0.05, 0.1) is 17.1 Å². The third-order valence-corrected chi connectivity index (χ3v) is 17.0. The molecule has 0 bridgehead atoms. The van der Waals surface area contributed by atoms with Crippen molar-refractivity contribution in [2.24, 2.45) is 0 Å². The van der Waals surface area contributed by atoms with Crippen molar-refractivity contribution in [3.63, 3.8) is 0 Å². The Labute approximate surface area is 400 Å². The van der Waals surface area contributed by atoms with Crippen LogP contribution in [-0.4, -0.2) is 0 Å². The Kier molecular flexibility index (Phi) is 7.69. The van der Waals surface area contributed by atoms with Crippen LogP contribution in [0.5, 0.6) is 11.5 Å². The molecule has 0 fully saturated rings. The Morgan fingerprint density at radius 1 is 0.279 bits per heavy atom. The molecule has 4 aliphatic carbocycles. The lowest BCUT2D eigenvalue weighted by atomic mass is 9.79. The van der Waals surface area contributed by atoms with E-state index in [4.69, 9.17) is 4.74 Å². The highest BCUT2D eigenvalue weighted by Gasteiger charge is 2.46. The molecule has 1 heterocycles. The summed E-state index contributed by atoms with van der Waals surface area (Å²) in [4.78, 5) is 2.57. The molecule has 328 valence electrons. The van der Waals surface area contributed by atoms with E-state index < -0.39 is 0 Å². The van der Waals surface area contributed by atoms with Crippen LogP contribution in [0.2, 0.25) is 0 Å². The predicted octanol–water partition coefficient (Wildman–Crippen LogP) is 17.8. The lowest BCUT2D eigenvalue weighted by Crippen LogP contribution is -2.21. The van der Waals surface area contributed by atoms with Crippen molar-refractivity contribution in [2.75, 3.05) is 4.90 Å². The van der Waals surface area contributed by atoms with Crippen molar-refractivity contribution in [1.29, 1.82) is 0 Å². The van der Waals surface area contributed by atoms with Crippen molar-refractivity contribution in [2.45, 2.75) is 77.0 Å². The summed E-state index contributed by atoms with van der Waals surface area (Å²) < 4.78 is 7.43. The van der Waals surface area contributed by atoms with Gasteiger partial charge in [-0.05, 0) is 149 Å². The van der Waals surface area contributed by atoms with Gasteiger partial charge in [0.25, 0.3) is 0 Å². The fourth-order valence-electron chi connectivity index (χ4n) is 13.4. The molecule has 9 aromatic carbocycles. The molecule has 5 aliphatic rings. The highest BCUT2D eigenvalue weighted by molar-refractivity contribution is 6.04. The average Bonchev–Trinajstić information content (AvgIpc) is 3.90. The number of rotatable bonds is 3. The summed E-state index contributed by atoms with van der Waals surface area (Å²) in [5, 5.41) is 0. The van der Waals surface area contributed by atoms with Crippen LogP contribution in [0, 0.1) is 0 Å². The molecular weight excluding hydrogens is 823 g/mol. The fraction of sp³-hybridized carbons (Fsp3) is 0.182. The van der Waals surface area contributed by atoms with E-state index in [1.165, 1.54) is 111 Å². The van der Waals surface area contributed by atoms with Gasteiger partial charge >= 0.3 is 0 Å². The zero-order valence-electron chi connectivity index (χ0n) is 40.1. The first-order valence-electron chi connectivity index (χ1n) is 24.4. The molecular formula is C66H53NO. The second kappa shape index (κ2) is 13.2. The van der Waals surface area contributed by atoms with Crippen LogP contribution >= 0.6 is 0 Å². The van der Waals surface area contributed by atoms with Gasteiger partial charge in [-0.15, -0.1) is 0 Å². The average molecular weight is 876 g/mol. The lowest BCUT2D eigenvalue weighted by Gasteiger charge is -2.37. The van der Waals surface area contributed by atoms with Gasteiger partial charge in [0, 0.05) is 32.8 Å². The van der Waals surface area contributed by atoms with Crippen LogP contribution in [0.3, 0.4) is 0 Å². The van der Waals surface area contributed by atoms with Crippen molar-refractivity contribution in [3.05, 3.63) is 220 Å². The molecule has 0 atom stereocenters. The third-order valence-electron chi connectivity index (χ3n) is 17.0. The number of anilines is 3. The second-order valence-electron chi connectivity index (χ2n) is 22.1. The van der Waals surface area contributed by atoms with E-state index >= 15 is 0 Å². The number of ether oxygens (including phenoxy) is 1. The molecule has 14 rings (SSSR count). The first-order valence-corrected chi connectivity index (χ1v) is 24.4. The first-order chi connectivity index (χ1) is 32.7. The quantitative estimate of drug-likeness (QED) is 0.175. The molecule has 0 amide bonds. The summed E-state index contributed by atoms with van der Waals surface area (Å²) in [6.07, 6.45) is 0. The van der Waals surface area contributed by atoms with Crippen molar-refractivity contribution >= 4 is 17.1 Å². The molecule has 1 aliphatic heterocycles. The van der Waals surface area contributed by atoms with Crippen LogP contribution in [0.4, 0.5) is 17.1 Å². The van der Waals surface area contributed by atoms with Gasteiger partial charge in [0.1, 0.15) is 0 Å². The van der Waals surface area contributed by atoms with Gasteiger partial charge in [-0.1, -0.05) is 183 Å². The second-order valence-corrected chi connectivity index (χ2v) is 22.1. The summed E-state index contributed by atoms with van der Waals surface area (Å²) >= 11 is 0. The number of benzene rings is 9. The van der Waals surface area contributed by atoms with Gasteiger partial charge in [-0.3, -0.25) is 0 Å². The van der Waals surface area contributed by atoms with E-state index in [1.54, 1.807) is 0 Å². The number of nitrogens with zero attached hydrogens (tertiary/aromatic N) is 1. The molecule has 0 saturated carbocycles. The van der Waals surface area contributed by atoms with Gasteiger partial charge in [0.15, 0.2) is 11.5 Å². The van der Waals surface area contributed by atoms with E-state index in [-0.39, 0.29) is 21.7 Å². The van der Waals surface area contributed by atoms with Crippen LogP contribution in [0.1, 0.15) is 99.9 Å². The van der Waals surface area contributed by atoms with Crippen molar-refractivity contribution in [1.82, 2.24) is 0 Å². The topological polar surface area (TPSA) is 12.5 Å². The molecule has 0 aromatic heterocycles. The number of hydrogen-bond donors (Lipinski definition) is 0. The predicted molar refractivity (Wildman–Crippen MR) is 282 cm³/mol. The fourth-order valence-corrected chi connectivity index (χ4v) is 13.4. The standard InChI is InChI=1S/C66H53NO/c1-63(2)50-28-17-15-24-42(50)44-30-54-46(32-52(44)63)48-34-58-60(36-56(48)65(54,5)6)68-61-37-57-49(47-33-53-45(31-55(47)66(57,7)8)43-25-16-18-29-51(43)64(53,3)4)35-59(61)67(58)62-40(38-20-11-9-12-21-38)26-19-27-41(62)39-22-13-10-14-23-39/h9-37H,1-8H3. The van der Waals surface area contributed by atoms with E-state index in [9.17, 15) is 0 Å². The SMILES string of the molecule is CC1(C)c2ccccc2-c2cc3c(cc21)-c1cc2c(cc1C3(C)C)Oc1cc3c(cc1N2c1c(-c2ccccc2)cccc1-c1ccccc1)-c1cc2c(cc1C3(C)C)-c1ccccc1C2(C)C. The largest absolute Gasteiger partial charge is 0.453 e. The Balaban J connectivity index is 1.05. The minimum atomic E-state index is -0.254. The summed E-state index contributed by atoms with van der Waals surface area (Å²) in [5.74, 6) is 1.76. The number of para-hydroxylation sites is 1. The molecule has 0 unspecified atom stereocenters. The Bertz CT molecular complexity index is 3460. The first kappa shape index (κ1) is 39.7. The maximum atomic E-state index is 7.43. The summed E-state index contributed by atoms with van der Waals surface area (Å²) in [5.41, 5.74) is 28.7. The van der Waals surface area contributed by atoms with Crippen LogP contribution < -0.4 is 9.64 Å². The van der Waals surface area contributed by atoms with Gasteiger partial charge in [0.2, 0.25) is 0 Å². The zero-order chi connectivity index (χ0) is 46.2. The minimum Gasteiger partial charge on any atom is -0.453 e. The Hall–Kier alpha value is -7.42. The summed E-state index contributed by atoms with van der Waals surface area (Å²) in [6.45, 7) is 19.2. The Morgan fingerprint density at radius 2 is 0.588 bits per heavy atom. The van der Waals surface area contributed by atoms with E-state index in [0.29, 0.717) is 0 Å². The third kappa shape index (κ3) is 5.03. The van der Waals surface area contributed by atoms with Gasteiger partial charge < -0.3 is 9.64 Å². The van der Waals surface area contributed by atoms with E-state index in [2.05, 4.69) is 236 Å². The molecule has 0 radical (unpaired) electrons.